The number of likely N-dealkylation sites (tertiary alicyclic amines) is 1. The number of nitrogens with one attached hydrogen (secondary N) is 1. The fraction of sp³-hybridized carbons (Fsp3) is 0.333. The van der Waals surface area contributed by atoms with Crippen molar-refractivity contribution in [2.45, 2.75) is 43.8 Å². The van der Waals surface area contributed by atoms with Crippen LogP contribution in [0.5, 0.6) is 0 Å². The molecule has 0 radical (unpaired) electrons. The Hall–Kier alpha value is -3.39. The van der Waals surface area contributed by atoms with Crippen LogP contribution < -0.4 is 11.1 Å². The number of primary amides is 1. The van der Waals surface area contributed by atoms with Crippen LogP contribution in [0.4, 0.5) is 0 Å². The van der Waals surface area contributed by atoms with Crippen molar-refractivity contribution >= 4 is 40.2 Å². The second-order valence-corrected chi connectivity index (χ2v) is 9.02. The number of hydrogen-bond acceptors (Lipinski definition) is 4. The zero-order chi connectivity index (χ0) is 23.1. The Morgan fingerprint density at radius 2 is 1.88 bits per heavy atom. The summed E-state index contributed by atoms with van der Waals surface area (Å²) < 4.78 is 1.49. The number of nitrogens with two attached hydrogens (primary N) is 1. The summed E-state index contributed by atoms with van der Waals surface area (Å²) in [5.41, 5.74) is 7.28. The minimum absolute atomic E-state index is 0.0307. The Kier molecular flexibility index (Phi) is 5.54. The molecule has 170 valence electrons. The Morgan fingerprint density at radius 3 is 2.67 bits per heavy atom. The molecular weight excluding hydrogens is 442 g/mol. The number of rotatable bonds is 6. The van der Waals surface area contributed by atoms with E-state index in [9.17, 15) is 14.4 Å². The van der Waals surface area contributed by atoms with Crippen LogP contribution in [0.25, 0.3) is 10.9 Å². The van der Waals surface area contributed by atoms with Crippen molar-refractivity contribution in [3.63, 3.8) is 0 Å². The van der Waals surface area contributed by atoms with E-state index >= 15 is 0 Å². The molecule has 33 heavy (non-hydrogen) atoms. The standard InChI is InChI=1S/C24H24ClN5O3/c25-17-8-3-1-6-14(17)16-12-18(16)27-24(33)20-10-5-11-29(20)21(31)13-30-19-9-4-2-7-15(19)22(28-30)23(26)32/h1-4,6-9,16,18,20H,5,10-13H2,(H2,26,32)(H,27,33)/t16-,18+,20?/m0/s1. The number of carbonyl (C=O) groups excluding carboxylic acids is 3. The number of halogens is 1. The molecule has 1 aliphatic heterocycles. The van der Waals surface area contributed by atoms with Gasteiger partial charge in [-0.1, -0.05) is 48.0 Å². The van der Waals surface area contributed by atoms with E-state index in [0.717, 1.165) is 18.4 Å². The molecule has 1 unspecified atom stereocenters. The number of amides is 3. The quantitative estimate of drug-likeness (QED) is 0.582. The zero-order valence-corrected chi connectivity index (χ0v) is 18.7. The minimum Gasteiger partial charge on any atom is -0.364 e. The molecule has 2 fully saturated rings. The Labute approximate surface area is 195 Å². The van der Waals surface area contributed by atoms with Crippen LogP contribution in [0.3, 0.4) is 0 Å². The smallest absolute Gasteiger partial charge is 0.269 e. The summed E-state index contributed by atoms with van der Waals surface area (Å²) in [7, 11) is 0. The van der Waals surface area contributed by atoms with Gasteiger partial charge in [0.1, 0.15) is 12.6 Å². The summed E-state index contributed by atoms with van der Waals surface area (Å²) in [6.45, 7) is 0.445. The van der Waals surface area contributed by atoms with Crippen molar-refractivity contribution in [2.75, 3.05) is 6.54 Å². The van der Waals surface area contributed by atoms with E-state index < -0.39 is 11.9 Å². The van der Waals surface area contributed by atoms with Crippen molar-refractivity contribution in [2.24, 2.45) is 5.73 Å². The topological polar surface area (TPSA) is 110 Å². The first-order chi connectivity index (χ1) is 15.9. The molecule has 1 aromatic heterocycles. The molecule has 8 nitrogen and oxygen atoms in total. The van der Waals surface area contributed by atoms with Crippen molar-refractivity contribution in [1.82, 2.24) is 20.0 Å². The lowest BCUT2D eigenvalue weighted by Gasteiger charge is -2.24. The highest BCUT2D eigenvalue weighted by molar-refractivity contribution is 6.31. The molecule has 0 spiro atoms. The van der Waals surface area contributed by atoms with Gasteiger partial charge in [0.15, 0.2) is 5.69 Å². The first-order valence-electron chi connectivity index (χ1n) is 11.0. The summed E-state index contributed by atoms with van der Waals surface area (Å²) in [4.78, 5) is 39.5. The van der Waals surface area contributed by atoms with Crippen LogP contribution in [-0.4, -0.2) is 51.0 Å². The van der Waals surface area contributed by atoms with Crippen LogP contribution in [0.1, 0.15) is 41.2 Å². The fourth-order valence-corrected chi connectivity index (χ4v) is 5.02. The van der Waals surface area contributed by atoms with Gasteiger partial charge in [-0.25, -0.2) is 0 Å². The van der Waals surface area contributed by atoms with Crippen LogP contribution in [0.2, 0.25) is 5.02 Å². The highest BCUT2D eigenvalue weighted by atomic mass is 35.5. The molecule has 1 saturated heterocycles. The molecule has 3 aromatic rings. The molecule has 9 heteroatoms. The van der Waals surface area contributed by atoms with Crippen molar-refractivity contribution in [3.8, 4) is 0 Å². The zero-order valence-electron chi connectivity index (χ0n) is 17.9. The van der Waals surface area contributed by atoms with Gasteiger partial charge in [-0.15, -0.1) is 0 Å². The predicted molar refractivity (Wildman–Crippen MR) is 124 cm³/mol. The predicted octanol–water partition coefficient (Wildman–Crippen LogP) is 2.45. The number of hydrogen-bond donors (Lipinski definition) is 2. The van der Waals surface area contributed by atoms with E-state index in [1.54, 1.807) is 23.1 Å². The largest absolute Gasteiger partial charge is 0.364 e. The lowest BCUT2D eigenvalue weighted by molar-refractivity contribution is -0.139. The Bertz CT molecular complexity index is 1260. The summed E-state index contributed by atoms with van der Waals surface area (Å²) >= 11 is 6.29. The average molecular weight is 466 g/mol. The van der Waals surface area contributed by atoms with Crippen LogP contribution in [0, 0.1) is 0 Å². The Balaban J connectivity index is 1.27. The van der Waals surface area contributed by atoms with Gasteiger partial charge in [0.05, 0.1) is 5.52 Å². The van der Waals surface area contributed by atoms with Crippen molar-refractivity contribution in [3.05, 3.63) is 64.8 Å². The highest BCUT2D eigenvalue weighted by Crippen LogP contribution is 2.43. The maximum atomic E-state index is 13.1. The molecule has 2 aliphatic rings. The lowest BCUT2D eigenvalue weighted by atomic mass is 10.1. The Morgan fingerprint density at radius 1 is 1.12 bits per heavy atom. The van der Waals surface area contributed by atoms with E-state index in [2.05, 4.69) is 10.4 Å². The molecule has 2 heterocycles. The third kappa shape index (κ3) is 4.06. The van der Waals surface area contributed by atoms with Gasteiger partial charge in [0, 0.05) is 28.9 Å². The molecule has 2 aromatic carbocycles. The molecule has 3 N–H and O–H groups in total. The maximum absolute atomic E-state index is 13.1. The molecule has 1 saturated carbocycles. The molecule has 3 amide bonds. The number of para-hydroxylation sites is 1. The van der Waals surface area contributed by atoms with Gasteiger partial charge in [0.25, 0.3) is 5.91 Å². The minimum atomic E-state index is -0.645. The molecule has 1 aliphatic carbocycles. The van der Waals surface area contributed by atoms with E-state index in [1.807, 2.05) is 30.3 Å². The number of aromatic nitrogens is 2. The third-order valence-corrected chi connectivity index (χ3v) is 6.82. The van der Waals surface area contributed by atoms with E-state index in [1.165, 1.54) is 4.68 Å². The monoisotopic (exact) mass is 465 g/mol. The van der Waals surface area contributed by atoms with Gasteiger partial charge in [0.2, 0.25) is 11.8 Å². The van der Waals surface area contributed by atoms with E-state index in [4.69, 9.17) is 17.3 Å². The summed E-state index contributed by atoms with van der Waals surface area (Å²) in [6, 6.07) is 14.3. The first kappa shape index (κ1) is 21.5. The maximum Gasteiger partial charge on any atom is 0.269 e. The molecule has 0 bridgehead atoms. The normalized spacial score (nSPS) is 21.8. The van der Waals surface area contributed by atoms with Gasteiger partial charge in [-0.2, -0.15) is 5.10 Å². The van der Waals surface area contributed by atoms with E-state index in [0.29, 0.717) is 28.9 Å². The molecule has 5 rings (SSSR count). The number of carbonyl (C=O) groups is 3. The summed E-state index contributed by atoms with van der Waals surface area (Å²) in [5, 5.41) is 8.67. The van der Waals surface area contributed by atoms with Gasteiger partial charge in [-0.05, 0) is 37.0 Å². The first-order valence-corrected chi connectivity index (χ1v) is 11.4. The second-order valence-electron chi connectivity index (χ2n) is 8.61. The lowest BCUT2D eigenvalue weighted by Crippen LogP contribution is -2.47. The summed E-state index contributed by atoms with van der Waals surface area (Å²) in [6.07, 6.45) is 2.22. The third-order valence-electron chi connectivity index (χ3n) is 6.47. The van der Waals surface area contributed by atoms with E-state index in [-0.39, 0.29) is 36.0 Å². The van der Waals surface area contributed by atoms with Crippen LogP contribution >= 0.6 is 11.6 Å². The SMILES string of the molecule is NC(=O)c1nn(CC(=O)N2CCCC2C(=O)N[C@@H]2C[C@H]2c2ccccc2Cl)c2ccccc12. The average Bonchev–Trinajstić information content (AvgIpc) is 3.21. The fourth-order valence-electron chi connectivity index (χ4n) is 4.74. The molecule has 3 atom stereocenters. The van der Waals surface area contributed by atoms with Crippen LogP contribution in [-0.2, 0) is 16.1 Å². The number of nitrogens with zero attached hydrogens (tertiary/aromatic N) is 3. The van der Waals surface area contributed by atoms with Crippen LogP contribution in [0.15, 0.2) is 48.5 Å². The molecular formula is C24H24ClN5O3. The van der Waals surface area contributed by atoms with Crippen molar-refractivity contribution in [1.29, 1.82) is 0 Å². The van der Waals surface area contributed by atoms with Gasteiger partial charge in [-0.3, -0.25) is 19.1 Å². The highest BCUT2D eigenvalue weighted by Gasteiger charge is 2.43. The van der Waals surface area contributed by atoms with Gasteiger partial charge >= 0.3 is 0 Å². The van der Waals surface area contributed by atoms with Gasteiger partial charge < -0.3 is 16.0 Å². The van der Waals surface area contributed by atoms with Crippen molar-refractivity contribution < 1.29 is 14.4 Å². The second kappa shape index (κ2) is 8.51. The number of benzene rings is 2. The summed E-state index contributed by atoms with van der Waals surface area (Å²) in [5.74, 6) is -0.789. The number of fused-ring (bicyclic) bond motifs is 1.